The van der Waals surface area contributed by atoms with Crippen molar-refractivity contribution in [2.24, 2.45) is 5.73 Å². The summed E-state index contributed by atoms with van der Waals surface area (Å²) in [5.74, 6) is 0.469. The fourth-order valence-corrected chi connectivity index (χ4v) is 1.51. The Balaban J connectivity index is 2.77. The third-order valence-electron chi connectivity index (χ3n) is 2.59. The summed E-state index contributed by atoms with van der Waals surface area (Å²) < 4.78 is 10.5. The van der Waals surface area contributed by atoms with Gasteiger partial charge in [0.05, 0.1) is 18.8 Å². The molecule has 0 aromatic heterocycles. The number of hydrogen-bond acceptors (Lipinski definition) is 7. The fraction of sp³-hybridized carbons (Fsp3) is 0.462. The quantitative estimate of drug-likeness (QED) is 0.540. The first kappa shape index (κ1) is 17.5. The number of ether oxygens (including phenoxy) is 2. The minimum Gasteiger partial charge on any atom is -0.495 e. The van der Waals surface area contributed by atoms with E-state index >= 15 is 0 Å². The van der Waals surface area contributed by atoms with Crippen molar-refractivity contribution in [1.29, 1.82) is 0 Å². The summed E-state index contributed by atoms with van der Waals surface area (Å²) in [6.45, 7) is 3.04. The molecular formula is C13H19N3O6. The normalized spacial score (nSPS) is 12.9. The van der Waals surface area contributed by atoms with Gasteiger partial charge in [0.25, 0.3) is 5.09 Å². The van der Waals surface area contributed by atoms with Crippen LogP contribution in [0, 0.1) is 10.1 Å². The van der Waals surface area contributed by atoms with Gasteiger partial charge in [-0.1, -0.05) is 0 Å². The van der Waals surface area contributed by atoms with Crippen LogP contribution in [0.15, 0.2) is 18.2 Å². The summed E-state index contributed by atoms with van der Waals surface area (Å²) in [6, 6.07) is 4.07. The van der Waals surface area contributed by atoms with E-state index in [0.29, 0.717) is 17.2 Å². The van der Waals surface area contributed by atoms with E-state index in [2.05, 4.69) is 10.2 Å². The molecule has 0 radical (unpaired) electrons. The van der Waals surface area contributed by atoms with Crippen LogP contribution in [0.25, 0.3) is 0 Å². The monoisotopic (exact) mass is 313 g/mol. The second kappa shape index (κ2) is 8.03. The number of methoxy groups -OCH3 is 1. The van der Waals surface area contributed by atoms with Crippen LogP contribution in [-0.4, -0.2) is 36.9 Å². The van der Waals surface area contributed by atoms with Crippen LogP contribution in [-0.2, 0) is 9.63 Å². The Labute approximate surface area is 127 Å². The van der Waals surface area contributed by atoms with Crippen molar-refractivity contribution >= 4 is 11.6 Å². The molecule has 1 aromatic carbocycles. The third-order valence-corrected chi connectivity index (χ3v) is 2.59. The van der Waals surface area contributed by atoms with Crippen molar-refractivity contribution in [1.82, 2.24) is 0 Å². The number of anilines is 1. The van der Waals surface area contributed by atoms with Gasteiger partial charge in [0.1, 0.15) is 24.2 Å². The van der Waals surface area contributed by atoms with Gasteiger partial charge < -0.3 is 25.4 Å². The van der Waals surface area contributed by atoms with Crippen molar-refractivity contribution < 1.29 is 24.2 Å². The average Bonchev–Trinajstić information content (AvgIpc) is 2.44. The van der Waals surface area contributed by atoms with Gasteiger partial charge in [0, 0.05) is 6.07 Å². The highest BCUT2D eigenvalue weighted by Crippen LogP contribution is 2.29. The standard InChI is InChI=1S/C13H19N3O6/c1-8(22-16(18)19)7-21-10-4-5-12(20-3)11(6-10)15-13(17)9(2)14/h4-6,8-9H,7,14H2,1-3H3,(H,15,17). The molecule has 3 N–H and O–H groups in total. The van der Waals surface area contributed by atoms with Crippen LogP contribution in [0.3, 0.4) is 0 Å². The first-order valence-corrected chi connectivity index (χ1v) is 6.52. The van der Waals surface area contributed by atoms with E-state index in [1.54, 1.807) is 19.1 Å². The summed E-state index contributed by atoms with van der Waals surface area (Å²) in [5, 5.41) is 11.9. The Kier molecular flexibility index (Phi) is 6.39. The van der Waals surface area contributed by atoms with Crippen LogP contribution < -0.4 is 20.5 Å². The number of rotatable bonds is 8. The van der Waals surface area contributed by atoms with Crippen LogP contribution in [0.4, 0.5) is 5.69 Å². The number of amides is 1. The van der Waals surface area contributed by atoms with Gasteiger partial charge in [-0.15, -0.1) is 10.1 Å². The second-order valence-electron chi connectivity index (χ2n) is 4.59. The molecular weight excluding hydrogens is 294 g/mol. The van der Waals surface area contributed by atoms with Crippen LogP contribution >= 0.6 is 0 Å². The molecule has 1 rings (SSSR count). The smallest absolute Gasteiger partial charge is 0.294 e. The highest BCUT2D eigenvalue weighted by molar-refractivity contribution is 5.95. The first-order chi connectivity index (χ1) is 10.3. The van der Waals surface area contributed by atoms with E-state index in [9.17, 15) is 14.9 Å². The first-order valence-electron chi connectivity index (χ1n) is 6.52. The maximum Gasteiger partial charge on any atom is 0.294 e. The van der Waals surface area contributed by atoms with Crippen LogP contribution in [0.2, 0.25) is 0 Å². The summed E-state index contributed by atoms with van der Waals surface area (Å²) in [4.78, 5) is 26.2. The van der Waals surface area contributed by atoms with Crippen molar-refractivity contribution in [3.63, 3.8) is 0 Å². The average molecular weight is 313 g/mol. The number of nitrogens with one attached hydrogen (secondary N) is 1. The molecule has 122 valence electrons. The number of hydrogen-bond donors (Lipinski definition) is 2. The zero-order valence-electron chi connectivity index (χ0n) is 12.6. The number of benzene rings is 1. The predicted molar refractivity (Wildman–Crippen MR) is 78.3 cm³/mol. The van der Waals surface area contributed by atoms with Gasteiger partial charge in [-0.25, -0.2) is 0 Å². The molecule has 0 fully saturated rings. The zero-order chi connectivity index (χ0) is 16.7. The maximum absolute atomic E-state index is 11.7. The van der Waals surface area contributed by atoms with Crippen molar-refractivity contribution in [2.45, 2.75) is 26.0 Å². The molecule has 0 spiro atoms. The molecule has 0 saturated heterocycles. The predicted octanol–water partition coefficient (Wildman–Crippen LogP) is 0.956. The van der Waals surface area contributed by atoms with E-state index < -0.39 is 17.2 Å². The Bertz CT molecular complexity index is 535. The topological polar surface area (TPSA) is 126 Å². The van der Waals surface area contributed by atoms with E-state index in [4.69, 9.17) is 15.2 Å². The molecule has 0 aliphatic heterocycles. The summed E-state index contributed by atoms with van der Waals surface area (Å²) in [6.07, 6.45) is -0.723. The van der Waals surface area contributed by atoms with Gasteiger partial charge in [0.2, 0.25) is 5.91 Å². The zero-order valence-corrected chi connectivity index (χ0v) is 12.6. The van der Waals surface area contributed by atoms with E-state index in [0.717, 1.165) is 0 Å². The van der Waals surface area contributed by atoms with Crippen molar-refractivity contribution in [3.05, 3.63) is 28.3 Å². The lowest BCUT2D eigenvalue weighted by atomic mass is 10.2. The van der Waals surface area contributed by atoms with E-state index in [1.807, 2.05) is 0 Å². The Morgan fingerprint density at radius 2 is 2.14 bits per heavy atom. The van der Waals surface area contributed by atoms with Gasteiger partial charge in [-0.2, -0.15) is 0 Å². The molecule has 9 heteroatoms. The lowest BCUT2D eigenvalue weighted by Crippen LogP contribution is -2.32. The molecule has 0 aliphatic carbocycles. The molecule has 1 amide bonds. The van der Waals surface area contributed by atoms with Crippen molar-refractivity contribution in [3.8, 4) is 11.5 Å². The molecule has 2 atom stereocenters. The van der Waals surface area contributed by atoms with E-state index in [-0.39, 0.29) is 12.5 Å². The SMILES string of the molecule is COc1ccc(OCC(C)O[N+](=O)[O-])cc1NC(=O)C(C)N. The van der Waals surface area contributed by atoms with Crippen LogP contribution in [0.1, 0.15) is 13.8 Å². The minimum atomic E-state index is -0.879. The second-order valence-corrected chi connectivity index (χ2v) is 4.59. The maximum atomic E-state index is 11.7. The molecule has 0 bridgehead atoms. The Morgan fingerprint density at radius 1 is 1.45 bits per heavy atom. The van der Waals surface area contributed by atoms with Gasteiger partial charge in [-0.05, 0) is 26.0 Å². The largest absolute Gasteiger partial charge is 0.495 e. The van der Waals surface area contributed by atoms with Crippen LogP contribution in [0.5, 0.6) is 11.5 Å². The van der Waals surface area contributed by atoms with Crippen molar-refractivity contribution in [2.75, 3.05) is 19.0 Å². The Morgan fingerprint density at radius 3 is 2.68 bits per heavy atom. The van der Waals surface area contributed by atoms with Gasteiger partial charge in [-0.3, -0.25) is 4.79 Å². The summed E-state index contributed by atoms with van der Waals surface area (Å²) in [5.41, 5.74) is 5.89. The number of nitrogens with zero attached hydrogens (tertiary/aromatic N) is 1. The number of nitrogens with two attached hydrogens (primary N) is 1. The molecule has 22 heavy (non-hydrogen) atoms. The molecule has 2 unspecified atom stereocenters. The Hall–Kier alpha value is -2.55. The molecule has 0 saturated carbocycles. The van der Waals surface area contributed by atoms with Gasteiger partial charge >= 0.3 is 0 Å². The third kappa shape index (κ3) is 5.44. The van der Waals surface area contributed by atoms with E-state index in [1.165, 1.54) is 20.1 Å². The molecule has 1 aromatic rings. The lowest BCUT2D eigenvalue weighted by Gasteiger charge is -2.15. The summed E-state index contributed by atoms with van der Waals surface area (Å²) in [7, 11) is 1.46. The lowest BCUT2D eigenvalue weighted by molar-refractivity contribution is -0.767. The molecule has 0 aliphatic rings. The fourth-order valence-electron chi connectivity index (χ4n) is 1.51. The summed E-state index contributed by atoms with van der Waals surface area (Å²) >= 11 is 0. The van der Waals surface area contributed by atoms with Gasteiger partial charge in [0.15, 0.2) is 0 Å². The minimum absolute atomic E-state index is 0.0199. The molecule has 0 heterocycles. The molecule has 9 nitrogen and oxygen atoms in total. The highest BCUT2D eigenvalue weighted by Gasteiger charge is 2.13. The number of carbonyl (C=O) groups excluding carboxylic acids is 1. The highest BCUT2D eigenvalue weighted by atomic mass is 17.0. The number of carbonyl (C=O) groups is 1.